The van der Waals surface area contributed by atoms with Gasteiger partial charge >= 0.3 is 5.97 Å². The Labute approximate surface area is 106 Å². The van der Waals surface area contributed by atoms with Crippen molar-refractivity contribution in [2.24, 2.45) is 5.92 Å². The molecule has 0 aromatic heterocycles. The Morgan fingerprint density at radius 2 is 1.89 bits per heavy atom. The largest absolute Gasteiger partial charge is 0.465 e. The molecule has 96 valence electrons. The minimum absolute atomic E-state index is 0.147. The van der Waals surface area contributed by atoms with Gasteiger partial charge in [0.2, 0.25) is 0 Å². The molecule has 0 aliphatic rings. The predicted octanol–water partition coefficient (Wildman–Crippen LogP) is 1.95. The summed E-state index contributed by atoms with van der Waals surface area (Å²) in [6.45, 7) is 3.75. The van der Waals surface area contributed by atoms with Crippen LogP contribution in [0.4, 0.5) is 0 Å². The van der Waals surface area contributed by atoms with E-state index in [-0.39, 0.29) is 18.8 Å². The number of hydrogen-bond acceptors (Lipinski definition) is 4. The standard InChI is InChI=1S/C14H16O4/c1-3-18-14(17)12(8-9-15)13(16)11-6-4-10(2)5-7-11/h4-7,9,12H,3,8H2,1-2H3/t12-/m1/s1. The molecule has 0 aliphatic heterocycles. The van der Waals surface area contributed by atoms with E-state index in [0.29, 0.717) is 11.8 Å². The Kier molecular flexibility index (Phi) is 5.24. The number of carbonyl (C=O) groups excluding carboxylic acids is 3. The van der Waals surface area contributed by atoms with Crippen LogP contribution in [0.2, 0.25) is 0 Å². The van der Waals surface area contributed by atoms with Crippen LogP contribution < -0.4 is 0 Å². The molecule has 0 heterocycles. The van der Waals surface area contributed by atoms with Gasteiger partial charge in [0.05, 0.1) is 6.61 Å². The zero-order chi connectivity index (χ0) is 13.5. The van der Waals surface area contributed by atoms with Crippen molar-refractivity contribution in [1.82, 2.24) is 0 Å². The van der Waals surface area contributed by atoms with Crippen LogP contribution in [0.15, 0.2) is 24.3 Å². The Balaban J connectivity index is 2.91. The third-order valence-electron chi connectivity index (χ3n) is 2.56. The van der Waals surface area contributed by atoms with Gasteiger partial charge in [0.1, 0.15) is 12.2 Å². The lowest BCUT2D eigenvalue weighted by atomic mass is 9.94. The topological polar surface area (TPSA) is 60.4 Å². The summed E-state index contributed by atoms with van der Waals surface area (Å²) in [6.07, 6.45) is 0.416. The fraction of sp³-hybridized carbons (Fsp3) is 0.357. The molecule has 0 unspecified atom stereocenters. The number of ether oxygens (including phenoxy) is 1. The van der Waals surface area contributed by atoms with Crippen molar-refractivity contribution in [2.45, 2.75) is 20.3 Å². The Morgan fingerprint density at radius 3 is 2.39 bits per heavy atom. The van der Waals surface area contributed by atoms with Gasteiger partial charge < -0.3 is 9.53 Å². The number of carbonyl (C=O) groups is 3. The number of Topliss-reactive ketones (excluding diaryl/α,β-unsaturated/α-hetero) is 1. The number of ketones is 1. The number of rotatable bonds is 6. The maximum absolute atomic E-state index is 12.1. The molecular weight excluding hydrogens is 232 g/mol. The molecular formula is C14H16O4. The predicted molar refractivity (Wildman–Crippen MR) is 66.3 cm³/mol. The zero-order valence-corrected chi connectivity index (χ0v) is 10.5. The normalized spacial score (nSPS) is 11.7. The lowest BCUT2D eigenvalue weighted by Gasteiger charge is -2.12. The van der Waals surface area contributed by atoms with E-state index in [0.717, 1.165) is 5.56 Å². The molecule has 0 fully saturated rings. The van der Waals surface area contributed by atoms with Gasteiger partial charge in [-0.05, 0) is 13.8 Å². The minimum Gasteiger partial charge on any atom is -0.465 e. The molecule has 1 aromatic carbocycles. The van der Waals surface area contributed by atoms with Gasteiger partial charge in [0, 0.05) is 12.0 Å². The number of esters is 1. The van der Waals surface area contributed by atoms with Crippen molar-refractivity contribution in [3.63, 3.8) is 0 Å². The molecule has 1 rings (SSSR count). The highest BCUT2D eigenvalue weighted by molar-refractivity contribution is 6.09. The summed E-state index contributed by atoms with van der Waals surface area (Å²) < 4.78 is 4.80. The zero-order valence-electron chi connectivity index (χ0n) is 10.5. The van der Waals surface area contributed by atoms with Crippen molar-refractivity contribution < 1.29 is 19.1 Å². The molecule has 0 aliphatic carbocycles. The maximum atomic E-state index is 12.1. The quantitative estimate of drug-likeness (QED) is 0.334. The number of aldehydes is 1. The summed E-state index contributed by atoms with van der Waals surface area (Å²) in [4.78, 5) is 34.3. The lowest BCUT2D eigenvalue weighted by molar-refractivity contribution is -0.147. The van der Waals surface area contributed by atoms with Gasteiger partial charge in [-0.1, -0.05) is 29.8 Å². The molecule has 0 N–H and O–H groups in total. The molecule has 0 amide bonds. The fourth-order valence-electron chi connectivity index (χ4n) is 1.57. The van der Waals surface area contributed by atoms with E-state index in [1.54, 1.807) is 31.2 Å². The maximum Gasteiger partial charge on any atom is 0.317 e. The van der Waals surface area contributed by atoms with Crippen molar-refractivity contribution in [1.29, 1.82) is 0 Å². The first kappa shape index (κ1) is 14.1. The Hall–Kier alpha value is -1.97. The van der Waals surface area contributed by atoms with Crippen molar-refractivity contribution >= 4 is 18.0 Å². The van der Waals surface area contributed by atoms with E-state index >= 15 is 0 Å². The third kappa shape index (κ3) is 3.52. The second kappa shape index (κ2) is 6.69. The minimum atomic E-state index is -1.04. The number of aryl methyl sites for hydroxylation is 1. The summed E-state index contributed by atoms with van der Waals surface area (Å²) in [7, 11) is 0. The van der Waals surface area contributed by atoms with Crippen molar-refractivity contribution in [3.05, 3.63) is 35.4 Å². The molecule has 18 heavy (non-hydrogen) atoms. The second-order valence-corrected chi connectivity index (χ2v) is 3.94. The Morgan fingerprint density at radius 1 is 1.28 bits per heavy atom. The van der Waals surface area contributed by atoms with Crippen molar-refractivity contribution in [3.8, 4) is 0 Å². The summed E-state index contributed by atoms with van der Waals surface area (Å²) in [5.74, 6) is -2.05. The Bertz CT molecular complexity index is 434. The monoisotopic (exact) mass is 248 g/mol. The van der Waals surface area contributed by atoms with Gasteiger partial charge in [-0.2, -0.15) is 0 Å². The lowest BCUT2D eigenvalue weighted by Crippen LogP contribution is -2.26. The highest BCUT2D eigenvalue weighted by Gasteiger charge is 2.28. The second-order valence-electron chi connectivity index (χ2n) is 3.94. The van der Waals surface area contributed by atoms with Crippen LogP contribution >= 0.6 is 0 Å². The molecule has 4 heteroatoms. The van der Waals surface area contributed by atoms with Gasteiger partial charge in [0.15, 0.2) is 5.78 Å². The first-order chi connectivity index (χ1) is 8.60. The van der Waals surface area contributed by atoms with Crippen LogP contribution in [0, 0.1) is 12.8 Å². The SMILES string of the molecule is CCOC(=O)[C@H](CC=O)C(=O)c1ccc(C)cc1. The van der Waals surface area contributed by atoms with Crippen LogP contribution in [0.25, 0.3) is 0 Å². The molecule has 4 nitrogen and oxygen atoms in total. The van der Waals surface area contributed by atoms with Gasteiger partial charge in [-0.3, -0.25) is 9.59 Å². The number of hydrogen-bond donors (Lipinski definition) is 0. The summed E-state index contributed by atoms with van der Waals surface area (Å²) in [5, 5.41) is 0. The molecule has 0 radical (unpaired) electrons. The van der Waals surface area contributed by atoms with Crippen LogP contribution in [-0.4, -0.2) is 24.6 Å². The van der Waals surface area contributed by atoms with E-state index in [9.17, 15) is 14.4 Å². The summed E-state index contributed by atoms with van der Waals surface area (Å²) in [5.41, 5.74) is 1.44. The molecule has 0 bridgehead atoms. The third-order valence-corrected chi connectivity index (χ3v) is 2.56. The van der Waals surface area contributed by atoms with E-state index < -0.39 is 11.9 Å². The molecule has 0 saturated heterocycles. The van der Waals surface area contributed by atoms with E-state index in [1.807, 2.05) is 6.92 Å². The summed E-state index contributed by atoms with van der Waals surface area (Å²) in [6, 6.07) is 6.87. The average molecular weight is 248 g/mol. The highest BCUT2D eigenvalue weighted by Crippen LogP contribution is 2.14. The van der Waals surface area contributed by atoms with Crippen LogP contribution in [0.5, 0.6) is 0 Å². The number of benzene rings is 1. The molecule has 1 atom stereocenters. The first-order valence-corrected chi connectivity index (χ1v) is 5.81. The van der Waals surface area contributed by atoms with Gasteiger partial charge in [0.25, 0.3) is 0 Å². The van der Waals surface area contributed by atoms with Crippen LogP contribution in [0.3, 0.4) is 0 Å². The molecule has 1 aromatic rings. The van der Waals surface area contributed by atoms with Crippen LogP contribution in [-0.2, 0) is 14.3 Å². The molecule has 0 spiro atoms. The van der Waals surface area contributed by atoms with Gasteiger partial charge in [-0.25, -0.2) is 0 Å². The van der Waals surface area contributed by atoms with E-state index in [4.69, 9.17) is 4.74 Å². The average Bonchev–Trinajstić information content (AvgIpc) is 2.36. The first-order valence-electron chi connectivity index (χ1n) is 5.81. The highest BCUT2D eigenvalue weighted by atomic mass is 16.5. The van der Waals surface area contributed by atoms with Crippen LogP contribution in [0.1, 0.15) is 29.3 Å². The smallest absolute Gasteiger partial charge is 0.317 e. The van der Waals surface area contributed by atoms with Gasteiger partial charge in [-0.15, -0.1) is 0 Å². The van der Waals surface area contributed by atoms with E-state index in [2.05, 4.69) is 0 Å². The molecule has 0 saturated carbocycles. The van der Waals surface area contributed by atoms with Crippen molar-refractivity contribution in [2.75, 3.05) is 6.61 Å². The summed E-state index contributed by atoms with van der Waals surface area (Å²) >= 11 is 0. The van der Waals surface area contributed by atoms with E-state index in [1.165, 1.54) is 0 Å². The fourth-order valence-corrected chi connectivity index (χ4v) is 1.57.